The molecule has 0 radical (unpaired) electrons. The third-order valence-corrected chi connectivity index (χ3v) is 2.10. The number of primary amides is 1. The summed E-state index contributed by atoms with van der Waals surface area (Å²) < 4.78 is 5.04. The molecule has 0 heterocycles. The molecule has 1 amide bonds. The number of benzene rings is 1. The molecule has 1 aromatic carbocycles. The van der Waals surface area contributed by atoms with Gasteiger partial charge in [-0.3, -0.25) is 4.79 Å². The highest BCUT2D eigenvalue weighted by molar-refractivity contribution is 6.32. The molecule has 0 saturated carbocycles. The minimum Gasteiger partial charge on any atom is -0.482 e. The zero-order valence-electron chi connectivity index (χ0n) is 8.24. The molecule has 0 unspecified atom stereocenters. The third kappa shape index (κ3) is 3.42. The Hall–Kier alpha value is -1.26. The summed E-state index contributed by atoms with van der Waals surface area (Å²) in [5, 5.41) is 9.63. The molecule has 4 nitrogen and oxygen atoms in total. The van der Waals surface area contributed by atoms with Crippen LogP contribution in [-0.4, -0.2) is 17.6 Å². The topological polar surface area (TPSA) is 72.6 Å². The van der Waals surface area contributed by atoms with Gasteiger partial charge in [0.1, 0.15) is 5.75 Å². The van der Waals surface area contributed by atoms with E-state index in [4.69, 9.17) is 22.1 Å². The lowest BCUT2D eigenvalue weighted by Gasteiger charge is -2.09. The largest absolute Gasteiger partial charge is 0.482 e. The Kier molecular flexibility index (Phi) is 3.94. The van der Waals surface area contributed by atoms with E-state index in [2.05, 4.69) is 0 Å². The van der Waals surface area contributed by atoms with Crippen molar-refractivity contribution in [2.75, 3.05) is 6.61 Å². The van der Waals surface area contributed by atoms with Crippen molar-refractivity contribution in [1.82, 2.24) is 0 Å². The minimum absolute atomic E-state index is 0.215. The van der Waals surface area contributed by atoms with Crippen molar-refractivity contribution in [3.05, 3.63) is 28.8 Å². The summed E-state index contributed by atoms with van der Waals surface area (Å²) in [5.74, 6) is -0.189. The number of carbonyl (C=O) groups excluding carboxylic acids is 1. The van der Waals surface area contributed by atoms with Crippen LogP contribution >= 0.6 is 11.6 Å². The predicted octanol–water partition coefficient (Wildman–Crippen LogP) is 1.26. The highest BCUT2D eigenvalue weighted by atomic mass is 35.5. The first-order valence-corrected chi connectivity index (χ1v) is 4.77. The Bertz CT molecular complexity index is 366. The van der Waals surface area contributed by atoms with Crippen LogP contribution in [0.15, 0.2) is 18.2 Å². The van der Waals surface area contributed by atoms with E-state index in [1.54, 1.807) is 25.1 Å². The summed E-state index contributed by atoms with van der Waals surface area (Å²) in [5.41, 5.74) is 5.61. The first kappa shape index (κ1) is 11.8. The molecule has 0 saturated heterocycles. The minimum atomic E-state index is -0.590. The van der Waals surface area contributed by atoms with E-state index < -0.39 is 12.0 Å². The Morgan fingerprint density at radius 1 is 1.67 bits per heavy atom. The van der Waals surface area contributed by atoms with Gasteiger partial charge in [0.2, 0.25) is 0 Å². The van der Waals surface area contributed by atoms with E-state index >= 15 is 0 Å². The molecule has 0 aliphatic rings. The predicted molar refractivity (Wildman–Crippen MR) is 56.8 cm³/mol. The molecular formula is C10H12ClNO3. The maximum absolute atomic E-state index is 10.5. The summed E-state index contributed by atoms with van der Waals surface area (Å²) in [6.45, 7) is 1.42. The van der Waals surface area contributed by atoms with Crippen molar-refractivity contribution in [3.63, 3.8) is 0 Å². The van der Waals surface area contributed by atoms with Crippen LogP contribution in [0, 0.1) is 0 Å². The number of amides is 1. The number of rotatable bonds is 4. The summed E-state index contributed by atoms with van der Waals surface area (Å²) in [4.78, 5) is 10.5. The fourth-order valence-corrected chi connectivity index (χ4v) is 1.29. The van der Waals surface area contributed by atoms with Gasteiger partial charge in [0.05, 0.1) is 11.1 Å². The maximum atomic E-state index is 10.5. The van der Waals surface area contributed by atoms with Crippen LogP contribution < -0.4 is 10.5 Å². The van der Waals surface area contributed by atoms with Crippen LogP contribution in [0.1, 0.15) is 18.6 Å². The van der Waals surface area contributed by atoms with Gasteiger partial charge in [0, 0.05) is 0 Å². The van der Waals surface area contributed by atoms with Gasteiger partial charge in [-0.1, -0.05) is 17.7 Å². The zero-order chi connectivity index (χ0) is 11.4. The summed E-state index contributed by atoms with van der Waals surface area (Å²) in [6.07, 6.45) is -0.590. The van der Waals surface area contributed by atoms with Crippen LogP contribution in [0.3, 0.4) is 0 Å². The molecule has 1 atom stereocenters. The van der Waals surface area contributed by atoms with E-state index in [1.807, 2.05) is 0 Å². The number of hydrogen-bond donors (Lipinski definition) is 2. The quantitative estimate of drug-likeness (QED) is 0.816. The van der Waals surface area contributed by atoms with E-state index in [0.717, 1.165) is 0 Å². The molecule has 1 aromatic rings. The highest BCUT2D eigenvalue weighted by Gasteiger charge is 2.07. The average Bonchev–Trinajstić information content (AvgIpc) is 2.15. The van der Waals surface area contributed by atoms with Gasteiger partial charge in [-0.05, 0) is 24.6 Å². The first-order valence-electron chi connectivity index (χ1n) is 4.39. The number of aliphatic hydroxyl groups is 1. The SMILES string of the molecule is C[C@H](O)c1ccc(OCC(N)=O)c(Cl)c1. The van der Waals surface area contributed by atoms with Crippen LogP contribution in [0.5, 0.6) is 5.75 Å². The molecule has 0 bridgehead atoms. The molecule has 0 aromatic heterocycles. The lowest BCUT2D eigenvalue weighted by Crippen LogP contribution is -2.20. The smallest absolute Gasteiger partial charge is 0.255 e. The van der Waals surface area contributed by atoms with Crippen molar-refractivity contribution in [3.8, 4) is 5.75 Å². The second-order valence-corrected chi connectivity index (χ2v) is 3.53. The fraction of sp³-hybridized carbons (Fsp3) is 0.300. The van der Waals surface area contributed by atoms with Crippen molar-refractivity contribution in [2.45, 2.75) is 13.0 Å². The fourth-order valence-electron chi connectivity index (χ4n) is 1.04. The lowest BCUT2D eigenvalue weighted by molar-refractivity contribution is -0.119. The monoisotopic (exact) mass is 229 g/mol. The van der Waals surface area contributed by atoms with Gasteiger partial charge in [-0.15, -0.1) is 0 Å². The lowest BCUT2D eigenvalue weighted by atomic mass is 10.1. The standard InChI is InChI=1S/C10H12ClNO3/c1-6(13)7-2-3-9(8(11)4-7)15-5-10(12)14/h2-4,6,13H,5H2,1H3,(H2,12,14)/t6-/m0/s1. The normalized spacial score (nSPS) is 12.2. The number of nitrogens with two attached hydrogens (primary N) is 1. The first-order chi connectivity index (χ1) is 7.00. The Labute approximate surface area is 92.6 Å². The number of halogens is 1. The van der Waals surface area contributed by atoms with E-state index in [-0.39, 0.29) is 6.61 Å². The number of carbonyl (C=O) groups is 1. The van der Waals surface area contributed by atoms with E-state index in [0.29, 0.717) is 16.3 Å². The van der Waals surface area contributed by atoms with Crippen LogP contribution in [-0.2, 0) is 4.79 Å². The highest BCUT2D eigenvalue weighted by Crippen LogP contribution is 2.27. The molecule has 3 N–H and O–H groups in total. The van der Waals surface area contributed by atoms with E-state index in [9.17, 15) is 9.90 Å². The summed E-state index contributed by atoms with van der Waals surface area (Å²) >= 11 is 5.87. The van der Waals surface area contributed by atoms with Crippen molar-refractivity contribution in [1.29, 1.82) is 0 Å². The van der Waals surface area contributed by atoms with Crippen LogP contribution in [0.4, 0.5) is 0 Å². The molecule has 82 valence electrons. The van der Waals surface area contributed by atoms with E-state index in [1.165, 1.54) is 0 Å². The molecule has 1 rings (SSSR count). The average molecular weight is 230 g/mol. The maximum Gasteiger partial charge on any atom is 0.255 e. The zero-order valence-corrected chi connectivity index (χ0v) is 8.99. The van der Waals surface area contributed by atoms with Crippen molar-refractivity contribution >= 4 is 17.5 Å². The molecule has 0 aliphatic carbocycles. The van der Waals surface area contributed by atoms with Gasteiger partial charge in [-0.2, -0.15) is 0 Å². The molecule has 0 fully saturated rings. The van der Waals surface area contributed by atoms with Gasteiger partial charge < -0.3 is 15.6 Å². The van der Waals surface area contributed by atoms with Crippen molar-refractivity contribution in [2.24, 2.45) is 5.73 Å². The van der Waals surface area contributed by atoms with Crippen LogP contribution in [0.25, 0.3) is 0 Å². The molecular weight excluding hydrogens is 218 g/mol. The van der Waals surface area contributed by atoms with Gasteiger partial charge >= 0.3 is 0 Å². The van der Waals surface area contributed by atoms with Crippen LogP contribution in [0.2, 0.25) is 5.02 Å². The third-order valence-electron chi connectivity index (χ3n) is 1.81. The Balaban J connectivity index is 2.79. The van der Waals surface area contributed by atoms with Crippen molar-refractivity contribution < 1.29 is 14.6 Å². The molecule has 0 aliphatic heterocycles. The number of hydrogen-bond acceptors (Lipinski definition) is 3. The molecule has 5 heteroatoms. The second kappa shape index (κ2) is 5.00. The summed E-state index contributed by atoms with van der Waals surface area (Å²) in [6, 6.07) is 4.85. The van der Waals surface area contributed by atoms with Gasteiger partial charge in [0.15, 0.2) is 6.61 Å². The van der Waals surface area contributed by atoms with Gasteiger partial charge in [-0.25, -0.2) is 0 Å². The number of ether oxygens (including phenoxy) is 1. The Morgan fingerprint density at radius 2 is 2.33 bits per heavy atom. The molecule has 0 spiro atoms. The number of aliphatic hydroxyl groups excluding tert-OH is 1. The Morgan fingerprint density at radius 3 is 2.80 bits per heavy atom. The second-order valence-electron chi connectivity index (χ2n) is 3.12. The summed E-state index contributed by atoms with van der Waals surface area (Å²) in [7, 11) is 0. The van der Waals surface area contributed by atoms with Gasteiger partial charge in [0.25, 0.3) is 5.91 Å². The molecule has 15 heavy (non-hydrogen) atoms.